The molecule has 0 bridgehead atoms. The van der Waals surface area contributed by atoms with Gasteiger partial charge in [-0.05, 0) is 6.42 Å². The third-order valence-electron chi connectivity index (χ3n) is 6.48. The van der Waals surface area contributed by atoms with Crippen LogP contribution in [-0.2, 0) is 36.0 Å². The van der Waals surface area contributed by atoms with Gasteiger partial charge in [-0.3, -0.25) is 0 Å². The fourth-order valence-corrected chi connectivity index (χ4v) is 4.40. The summed E-state index contributed by atoms with van der Waals surface area (Å²) in [5, 5.41) is 70.9. The van der Waals surface area contributed by atoms with E-state index in [0.29, 0.717) is 0 Å². The van der Waals surface area contributed by atoms with Crippen LogP contribution in [0.1, 0.15) is 6.42 Å². The monoisotopic (exact) mass is 547 g/mol. The molecule has 1 radical (unpaired) electrons. The van der Waals surface area contributed by atoms with E-state index < -0.39 is 98.4 Å². The summed E-state index contributed by atoms with van der Waals surface area (Å²) in [5.41, 5.74) is 23.5. The predicted octanol–water partition coefficient (Wildman–Crippen LogP) is -7.29. The van der Waals surface area contributed by atoms with Gasteiger partial charge in [0.2, 0.25) is 0 Å². The second kappa shape index (κ2) is 12.4. The summed E-state index contributed by atoms with van der Waals surface area (Å²) >= 11 is 0. The molecule has 15 atom stereocenters. The molecule has 0 aromatic rings. The first-order valence-electron chi connectivity index (χ1n) is 10.8. The van der Waals surface area contributed by atoms with Gasteiger partial charge in [0.25, 0.3) is 0 Å². The van der Waals surface area contributed by atoms with Crippen molar-refractivity contribution < 1.29 is 71.8 Å². The number of hydrogen-bond acceptors (Lipinski definition) is 15. The van der Waals surface area contributed by atoms with Crippen LogP contribution in [0.15, 0.2) is 0 Å². The Labute approximate surface area is 206 Å². The van der Waals surface area contributed by atoms with Crippen molar-refractivity contribution in [2.75, 3.05) is 13.2 Å². The number of rotatable bonds is 6. The molecular weight excluding hydrogens is 512 g/mol. The number of aliphatic hydroxyl groups is 7. The average Bonchev–Trinajstić information content (AvgIpc) is 2.79. The Morgan fingerprint density at radius 2 is 1.18 bits per heavy atom. The third-order valence-corrected chi connectivity index (χ3v) is 6.48. The molecule has 3 rings (SSSR count). The van der Waals surface area contributed by atoms with E-state index >= 15 is 0 Å². The number of aliphatic hydroxyl groups excluding tert-OH is 7. The standard InChI is InChI=1S/C18H36N4O11.Cu/c19-2-6-10(25)12(27)13(28)18(30-6)33-16-5(21)1-4(20)15(14(16)29)32-17-11(26)8(22)9(24)7(3-23)31-17;/h4-18,23-29H,1-3,19-22H2;/q;+2/t4-,5+,6-,7-,8+,9-,10-,11-,12+,13-,14-,15+,16-,17?,18-;/m1./s1. The summed E-state index contributed by atoms with van der Waals surface area (Å²) in [5.74, 6) is 0. The number of nitrogens with two attached hydrogens (primary N) is 4. The van der Waals surface area contributed by atoms with Crippen LogP contribution in [0, 0.1) is 0 Å². The summed E-state index contributed by atoms with van der Waals surface area (Å²) in [6, 6.07) is -2.86. The van der Waals surface area contributed by atoms with Gasteiger partial charge in [-0.1, -0.05) is 0 Å². The Balaban J connectivity index is 0.00000408. The molecule has 1 unspecified atom stereocenters. The fourth-order valence-electron chi connectivity index (χ4n) is 4.40. The molecule has 2 heterocycles. The average molecular weight is 548 g/mol. The zero-order valence-corrected chi connectivity index (χ0v) is 19.1. The maximum atomic E-state index is 10.9. The molecule has 1 saturated carbocycles. The summed E-state index contributed by atoms with van der Waals surface area (Å²) in [6.45, 7) is -0.763. The first-order chi connectivity index (χ1) is 15.5. The normalized spacial score (nSPS) is 52.1. The topological polar surface area (TPSA) is 283 Å². The molecule has 0 spiro atoms. The smallest absolute Gasteiger partial charge is 0.394 e. The molecular formula is C18H36CuN4O11+2. The maximum Gasteiger partial charge on any atom is 2.00 e. The minimum absolute atomic E-state index is 0. The molecule has 0 aromatic heterocycles. The third kappa shape index (κ3) is 5.90. The van der Waals surface area contributed by atoms with E-state index in [2.05, 4.69) is 0 Å². The maximum absolute atomic E-state index is 10.9. The van der Waals surface area contributed by atoms with Crippen LogP contribution in [0.3, 0.4) is 0 Å². The first kappa shape index (κ1) is 30.1. The largest absolute Gasteiger partial charge is 2.00 e. The second-order valence-corrected chi connectivity index (χ2v) is 8.79. The van der Waals surface area contributed by atoms with Gasteiger partial charge in [0.05, 0.1) is 12.6 Å². The molecule has 15 N–H and O–H groups in total. The predicted molar refractivity (Wildman–Crippen MR) is 108 cm³/mol. The van der Waals surface area contributed by atoms with Crippen LogP contribution in [0.4, 0.5) is 0 Å². The van der Waals surface area contributed by atoms with E-state index in [-0.39, 0.29) is 30.0 Å². The van der Waals surface area contributed by atoms with Crippen LogP contribution in [0.25, 0.3) is 0 Å². The van der Waals surface area contributed by atoms with E-state index in [1.807, 2.05) is 0 Å². The van der Waals surface area contributed by atoms with Gasteiger partial charge in [0.1, 0.15) is 61.0 Å². The molecule has 15 nitrogen and oxygen atoms in total. The van der Waals surface area contributed by atoms with Gasteiger partial charge in [-0.2, -0.15) is 0 Å². The Morgan fingerprint density at radius 3 is 1.68 bits per heavy atom. The van der Waals surface area contributed by atoms with E-state index in [0.717, 1.165) is 0 Å². The fraction of sp³-hybridized carbons (Fsp3) is 1.00. The molecule has 2 saturated heterocycles. The van der Waals surface area contributed by atoms with Gasteiger partial charge in [-0.25, -0.2) is 0 Å². The van der Waals surface area contributed by atoms with Crippen LogP contribution in [0.2, 0.25) is 0 Å². The minimum Gasteiger partial charge on any atom is -0.394 e. The summed E-state index contributed by atoms with van der Waals surface area (Å²) in [6.07, 6.45) is -16.5. The van der Waals surface area contributed by atoms with Crippen LogP contribution in [-0.4, -0.2) is 141 Å². The van der Waals surface area contributed by atoms with E-state index in [9.17, 15) is 35.7 Å². The van der Waals surface area contributed by atoms with E-state index in [1.54, 1.807) is 0 Å². The molecule has 34 heavy (non-hydrogen) atoms. The Kier molecular flexibility index (Phi) is 11.0. The van der Waals surface area contributed by atoms with Crippen molar-refractivity contribution in [3.63, 3.8) is 0 Å². The molecule has 2 aliphatic heterocycles. The van der Waals surface area contributed by atoms with Crippen LogP contribution in [0.5, 0.6) is 0 Å². The SMILES string of the molecule is NC[C@H]1O[C@H](O[C@H]2[C@H](O)[C@@H](OC3O[C@H](CO)[C@@H](O)[C@H](N)[C@H]3O)[C@H](N)C[C@@H]2N)[C@H](O)[C@@H](O)[C@@H]1O.[Cu+2]. The molecule has 1 aliphatic carbocycles. The first-order valence-corrected chi connectivity index (χ1v) is 10.8. The Hall–Kier alpha value is -0.0805. The quantitative estimate of drug-likeness (QED) is 0.138. The number of hydrogen-bond donors (Lipinski definition) is 11. The van der Waals surface area contributed by atoms with Gasteiger partial charge in [0, 0.05) is 18.6 Å². The van der Waals surface area contributed by atoms with Crippen molar-refractivity contribution >= 4 is 0 Å². The Morgan fingerprint density at radius 1 is 0.676 bits per heavy atom. The zero-order valence-electron chi connectivity index (χ0n) is 18.2. The Bertz CT molecular complexity index is 591. The van der Waals surface area contributed by atoms with Crippen molar-refractivity contribution in [2.45, 2.75) is 98.2 Å². The van der Waals surface area contributed by atoms with Gasteiger partial charge in [-0.15, -0.1) is 0 Å². The van der Waals surface area contributed by atoms with Crippen LogP contribution >= 0.6 is 0 Å². The minimum atomic E-state index is -1.66. The molecule has 3 fully saturated rings. The molecule has 0 aromatic carbocycles. The molecule has 203 valence electrons. The molecule has 16 heteroatoms. The molecule has 0 amide bonds. The summed E-state index contributed by atoms with van der Waals surface area (Å²) in [4.78, 5) is 0. The number of ether oxygens (including phenoxy) is 4. The molecule has 3 aliphatic rings. The van der Waals surface area contributed by atoms with E-state index in [4.69, 9.17) is 41.9 Å². The second-order valence-electron chi connectivity index (χ2n) is 8.79. The van der Waals surface area contributed by atoms with E-state index in [1.165, 1.54) is 0 Å². The van der Waals surface area contributed by atoms with Crippen molar-refractivity contribution in [3.05, 3.63) is 0 Å². The van der Waals surface area contributed by atoms with Crippen molar-refractivity contribution in [1.29, 1.82) is 0 Å². The van der Waals surface area contributed by atoms with Gasteiger partial charge < -0.3 is 77.6 Å². The summed E-state index contributed by atoms with van der Waals surface area (Å²) < 4.78 is 22.2. The van der Waals surface area contributed by atoms with Crippen molar-refractivity contribution in [2.24, 2.45) is 22.9 Å². The van der Waals surface area contributed by atoms with Crippen LogP contribution < -0.4 is 22.9 Å². The van der Waals surface area contributed by atoms with Gasteiger partial charge >= 0.3 is 17.1 Å². The zero-order chi connectivity index (χ0) is 24.6. The van der Waals surface area contributed by atoms with Gasteiger partial charge in [0.15, 0.2) is 12.6 Å². The van der Waals surface area contributed by atoms with Crippen molar-refractivity contribution in [1.82, 2.24) is 0 Å². The summed E-state index contributed by atoms with van der Waals surface area (Å²) in [7, 11) is 0. The van der Waals surface area contributed by atoms with Crippen molar-refractivity contribution in [3.8, 4) is 0 Å².